The van der Waals surface area contributed by atoms with Crippen LogP contribution in [0.25, 0.3) is 0 Å². The van der Waals surface area contributed by atoms with Crippen LogP contribution in [-0.4, -0.2) is 17.0 Å². The fourth-order valence-electron chi connectivity index (χ4n) is 1.75. The van der Waals surface area contributed by atoms with Gasteiger partial charge in [0.2, 0.25) is 0 Å². The molecule has 0 fully saturated rings. The van der Waals surface area contributed by atoms with Crippen molar-refractivity contribution in [3.63, 3.8) is 0 Å². The predicted molar refractivity (Wildman–Crippen MR) is 86.8 cm³/mol. The van der Waals surface area contributed by atoms with Gasteiger partial charge >= 0.3 is 0 Å². The lowest BCUT2D eigenvalue weighted by Gasteiger charge is -2.10. The molecule has 110 valence electrons. The van der Waals surface area contributed by atoms with Crippen molar-refractivity contribution < 1.29 is 9.53 Å². The minimum Gasteiger partial charge on any atom is -0.491 e. The number of halogens is 1. The third-order valence-corrected chi connectivity index (χ3v) is 3.61. The second-order valence-electron chi connectivity index (χ2n) is 4.96. The van der Waals surface area contributed by atoms with Gasteiger partial charge in [-0.1, -0.05) is 0 Å². The summed E-state index contributed by atoms with van der Waals surface area (Å²) >= 11 is 3.38. The number of carbonyl (C=O) groups excluding carboxylic acids is 1. The Kier molecular flexibility index (Phi) is 4.96. The van der Waals surface area contributed by atoms with Crippen LogP contribution in [0.2, 0.25) is 0 Å². The second kappa shape index (κ2) is 6.72. The molecule has 0 unspecified atom stereocenters. The molecule has 0 aliphatic heterocycles. The highest BCUT2D eigenvalue weighted by atomic mass is 79.9. The molecule has 21 heavy (non-hydrogen) atoms. The molecule has 0 bridgehead atoms. The van der Waals surface area contributed by atoms with Gasteiger partial charge in [0.05, 0.1) is 6.10 Å². The van der Waals surface area contributed by atoms with Crippen LogP contribution in [0.15, 0.2) is 41.0 Å². The highest BCUT2D eigenvalue weighted by molar-refractivity contribution is 9.10. The summed E-state index contributed by atoms with van der Waals surface area (Å²) in [5, 5.41) is 2.77. The van der Waals surface area contributed by atoms with E-state index in [1.54, 1.807) is 30.5 Å². The summed E-state index contributed by atoms with van der Waals surface area (Å²) in [5.74, 6) is 1.09. The first kappa shape index (κ1) is 15.5. The Morgan fingerprint density at radius 1 is 1.29 bits per heavy atom. The molecule has 0 radical (unpaired) electrons. The van der Waals surface area contributed by atoms with Gasteiger partial charge in [-0.2, -0.15) is 0 Å². The zero-order valence-corrected chi connectivity index (χ0v) is 13.8. The summed E-state index contributed by atoms with van der Waals surface area (Å²) in [6, 6.07) is 8.86. The average Bonchev–Trinajstić information content (AvgIpc) is 2.43. The lowest BCUT2D eigenvalue weighted by atomic mass is 10.2. The molecule has 1 heterocycles. The number of benzene rings is 1. The number of aromatic nitrogens is 1. The number of amides is 1. The average molecular weight is 349 g/mol. The molecule has 1 amide bonds. The monoisotopic (exact) mass is 348 g/mol. The summed E-state index contributed by atoms with van der Waals surface area (Å²) in [6.45, 7) is 5.86. The van der Waals surface area contributed by atoms with E-state index in [-0.39, 0.29) is 12.0 Å². The number of anilines is 1. The van der Waals surface area contributed by atoms with E-state index in [9.17, 15) is 4.79 Å². The third-order valence-electron chi connectivity index (χ3n) is 2.78. The van der Waals surface area contributed by atoms with Crippen LogP contribution in [0.1, 0.15) is 29.8 Å². The molecule has 0 saturated heterocycles. The van der Waals surface area contributed by atoms with Crippen LogP contribution < -0.4 is 10.1 Å². The van der Waals surface area contributed by atoms with E-state index in [0.29, 0.717) is 11.4 Å². The van der Waals surface area contributed by atoms with Gasteiger partial charge in [0, 0.05) is 16.2 Å². The number of nitrogens with one attached hydrogen (secondary N) is 1. The van der Waals surface area contributed by atoms with Crippen molar-refractivity contribution in [2.24, 2.45) is 0 Å². The smallest absolute Gasteiger partial charge is 0.256 e. The molecule has 4 nitrogen and oxygen atoms in total. The predicted octanol–water partition coefficient (Wildman–Crippen LogP) is 4.19. The molecule has 2 aromatic rings. The van der Waals surface area contributed by atoms with E-state index in [1.807, 2.05) is 26.8 Å². The van der Waals surface area contributed by atoms with Crippen LogP contribution in [0.3, 0.4) is 0 Å². The fourth-order valence-corrected chi connectivity index (χ4v) is 1.97. The van der Waals surface area contributed by atoms with Gasteiger partial charge < -0.3 is 10.1 Å². The molecule has 0 spiro atoms. The number of pyridine rings is 1. The van der Waals surface area contributed by atoms with Gasteiger partial charge in [-0.15, -0.1) is 0 Å². The van der Waals surface area contributed by atoms with Gasteiger partial charge in [0.25, 0.3) is 5.91 Å². The maximum atomic E-state index is 12.1. The second-order valence-corrected chi connectivity index (χ2v) is 5.82. The van der Waals surface area contributed by atoms with Crippen LogP contribution in [0.4, 0.5) is 5.82 Å². The SMILES string of the molecule is Cc1cc(NC(=O)c2ccc(OC(C)C)cc2)ncc1Br. The minimum atomic E-state index is -0.194. The van der Waals surface area contributed by atoms with Crippen molar-refractivity contribution in [1.29, 1.82) is 0 Å². The summed E-state index contributed by atoms with van der Waals surface area (Å²) in [5.41, 5.74) is 1.58. The van der Waals surface area contributed by atoms with Gasteiger partial charge in [-0.05, 0) is 72.6 Å². The molecule has 5 heteroatoms. The molecule has 2 rings (SSSR count). The van der Waals surface area contributed by atoms with Crippen molar-refractivity contribution in [2.45, 2.75) is 26.9 Å². The zero-order chi connectivity index (χ0) is 15.4. The van der Waals surface area contributed by atoms with Crippen molar-refractivity contribution in [2.75, 3.05) is 5.32 Å². The maximum Gasteiger partial charge on any atom is 0.256 e. The molecule has 0 aliphatic rings. The molecule has 0 saturated carbocycles. The van der Waals surface area contributed by atoms with E-state index in [2.05, 4.69) is 26.2 Å². The number of carbonyl (C=O) groups is 1. The number of hydrogen-bond donors (Lipinski definition) is 1. The van der Waals surface area contributed by atoms with Crippen molar-refractivity contribution in [3.8, 4) is 5.75 Å². The Labute approximate surface area is 132 Å². The van der Waals surface area contributed by atoms with E-state index < -0.39 is 0 Å². The summed E-state index contributed by atoms with van der Waals surface area (Å²) in [6.07, 6.45) is 1.78. The van der Waals surface area contributed by atoms with E-state index in [4.69, 9.17) is 4.74 Å². The number of hydrogen-bond acceptors (Lipinski definition) is 3. The summed E-state index contributed by atoms with van der Waals surface area (Å²) < 4.78 is 6.46. The van der Waals surface area contributed by atoms with Gasteiger partial charge in [0.15, 0.2) is 0 Å². The quantitative estimate of drug-likeness (QED) is 0.900. The molecular formula is C16H17BrN2O2. The first-order valence-electron chi connectivity index (χ1n) is 6.66. The molecule has 1 N–H and O–H groups in total. The largest absolute Gasteiger partial charge is 0.491 e. The Bertz CT molecular complexity index is 639. The third kappa shape index (κ3) is 4.29. The Morgan fingerprint density at radius 2 is 1.95 bits per heavy atom. The Morgan fingerprint density at radius 3 is 2.52 bits per heavy atom. The Hall–Kier alpha value is -1.88. The number of ether oxygens (including phenoxy) is 1. The number of rotatable bonds is 4. The first-order chi connectivity index (χ1) is 9.95. The first-order valence-corrected chi connectivity index (χ1v) is 7.45. The van der Waals surface area contributed by atoms with Crippen LogP contribution in [0, 0.1) is 6.92 Å². The summed E-state index contributed by atoms with van der Waals surface area (Å²) in [4.78, 5) is 16.3. The standard InChI is InChI=1S/C16H17BrN2O2/c1-10(2)21-13-6-4-12(5-7-13)16(20)19-15-8-11(3)14(17)9-18-15/h4-10H,1-3H3,(H,18,19,20). The zero-order valence-electron chi connectivity index (χ0n) is 12.2. The van der Waals surface area contributed by atoms with Crippen LogP contribution >= 0.6 is 15.9 Å². The van der Waals surface area contributed by atoms with E-state index >= 15 is 0 Å². The van der Waals surface area contributed by atoms with Crippen molar-refractivity contribution in [1.82, 2.24) is 4.98 Å². The normalized spacial score (nSPS) is 10.5. The highest BCUT2D eigenvalue weighted by Crippen LogP contribution is 2.18. The van der Waals surface area contributed by atoms with Gasteiger partial charge in [-0.25, -0.2) is 4.98 Å². The maximum absolute atomic E-state index is 12.1. The van der Waals surface area contributed by atoms with E-state index in [1.165, 1.54) is 0 Å². The summed E-state index contributed by atoms with van der Waals surface area (Å²) in [7, 11) is 0. The number of aryl methyl sites for hydroxylation is 1. The molecule has 1 aromatic heterocycles. The molecule has 0 atom stereocenters. The van der Waals surface area contributed by atoms with Gasteiger partial charge in [-0.3, -0.25) is 4.79 Å². The van der Waals surface area contributed by atoms with E-state index in [0.717, 1.165) is 15.8 Å². The topological polar surface area (TPSA) is 51.2 Å². The molecule has 0 aliphatic carbocycles. The molecule has 1 aromatic carbocycles. The van der Waals surface area contributed by atoms with Crippen LogP contribution in [-0.2, 0) is 0 Å². The Balaban J connectivity index is 2.07. The number of nitrogens with zero attached hydrogens (tertiary/aromatic N) is 1. The molecular weight excluding hydrogens is 332 g/mol. The van der Waals surface area contributed by atoms with Crippen molar-refractivity contribution >= 4 is 27.7 Å². The fraction of sp³-hybridized carbons (Fsp3) is 0.250. The highest BCUT2D eigenvalue weighted by Gasteiger charge is 2.08. The van der Waals surface area contributed by atoms with Crippen LogP contribution in [0.5, 0.6) is 5.75 Å². The minimum absolute atomic E-state index is 0.111. The van der Waals surface area contributed by atoms with Crippen molar-refractivity contribution in [3.05, 3.63) is 52.1 Å². The lowest BCUT2D eigenvalue weighted by molar-refractivity contribution is 0.102. The lowest BCUT2D eigenvalue weighted by Crippen LogP contribution is -2.13. The van der Waals surface area contributed by atoms with Gasteiger partial charge in [0.1, 0.15) is 11.6 Å².